The zero-order chi connectivity index (χ0) is 10.1. The predicted molar refractivity (Wildman–Crippen MR) is 51.5 cm³/mol. The third-order valence-corrected chi connectivity index (χ3v) is 1.85. The van der Waals surface area contributed by atoms with Crippen molar-refractivity contribution in [3.8, 4) is 0 Å². The second-order valence-electron chi connectivity index (χ2n) is 2.75. The van der Waals surface area contributed by atoms with E-state index >= 15 is 0 Å². The minimum absolute atomic E-state index is 0.318. The highest BCUT2D eigenvalue weighted by atomic mass is 16.2. The number of fused-ring (bicyclic) bond motifs is 1. The number of aromatic nitrogens is 2. The van der Waals surface area contributed by atoms with Crippen LogP contribution in [0, 0.1) is 6.57 Å². The number of nitrogens with one attached hydrogen (secondary N) is 2. The van der Waals surface area contributed by atoms with Gasteiger partial charge in [0, 0.05) is 0 Å². The van der Waals surface area contributed by atoms with Crippen LogP contribution >= 0.6 is 0 Å². The average molecular weight is 187 g/mol. The number of H-pyrrole nitrogens is 2. The molecule has 5 heteroatoms. The maximum absolute atomic E-state index is 11.3. The topological polar surface area (TPSA) is 70.1 Å². The summed E-state index contributed by atoms with van der Waals surface area (Å²) < 4.78 is 0. The van der Waals surface area contributed by atoms with Crippen LogP contribution in [-0.4, -0.2) is 9.97 Å². The molecule has 0 aliphatic rings. The first-order valence-corrected chi connectivity index (χ1v) is 3.84. The van der Waals surface area contributed by atoms with Crippen LogP contribution in [0.1, 0.15) is 0 Å². The monoisotopic (exact) mass is 187 g/mol. The van der Waals surface area contributed by atoms with Crippen LogP contribution in [0.5, 0.6) is 0 Å². The van der Waals surface area contributed by atoms with Gasteiger partial charge in [-0.05, 0) is 12.1 Å². The Morgan fingerprint density at radius 1 is 1.21 bits per heavy atom. The molecule has 0 saturated heterocycles. The van der Waals surface area contributed by atoms with Gasteiger partial charge in [0.25, 0.3) is 5.56 Å². The molecular weight excluding hydrogens is 182 g/mol. The van der Waals surface area contributed by atoms with Crippen molar-refractivity contribution in [1.29, 1.82) is 0 Å². The number of nitrogens with zero attached hydrogens (tertiary/aromatic N) is 1. The Morgan fingerprint density at radius 2 is 2.00 bits per heavy atom. The summed E-state index contributed by atoms with van der Waals surface area (Å²) in [5.41, 5.74) is -0.214. The number of hydrogen-bond donors (Lipinski definition) is 2. The third kappa shape index (κ3) is 1.19. The Kier molecular flexibility index (Phi) is 1.68. The molecule has 1 heterocycles. The zero-order valence-corrected chi connectivity index (χ0v) is 7.00. The molecule has 0 fully saturated rings. The molecule has 0 unspecified atom stereocenters. The van der Waals surface area contributed by atoms with Crippen molar-refractivity contribution in [1.82, 2.24) is 9.97 Å². The first-order valence-electron chi connectivity index (χ1n) is 3.84. The normalized spacial score (nSPS) is 9.93. The molecule has 1 aromatic carbocycles. The summed E-state index contributed by atoms with van der Waals surface area (Å²) in [5.74, 6) is 0. The van der Waals surface area contributed by atoms with Crippen molar-refractivity contribution < 1.29 is 0 Å². The molecule has 0 aliphatic carbocycles. The van der Waals surface area contributed by atoms with Crippen LogP contribution in [0.25, 0.3) is 15.7 Å². The van der Waals surface area contributed by atoms with Crippen molar-refractivity contribution in [3.63, 3.8) is 0 Å². The molecule has 0 atom stereocenters. The molecule has 0 radical (unpaired) electrons. The van der Waals surface area contributed by atoms with Gasteiger partial charge in [0.05, 0.1) is 17.5 Å². The minimum Gasteiger partial charge on any atom is -0.307 e. The molecule has 0 saturated carbocycles. The molecular formula is C9H5N3O2. The molecule has 0 bridgehead atoms. The summed E-state index contributed by atoms with van der Waals surface area (Å²) in [6.07, 6.45) is 0. The van der Waals surface area contributed by atoms with E-state index in [1.54, 1.807) is 12.1 Å². The van der Waals surface area contributed by atoms with Gasteiger partial charge in [-0.1, -0.05) is 6.07 Å². The van der Waals surface area contributed by atoms with Crippen LogP contribution in [0.2, 0.25) is 0 Å². The lowest BCUT2D eigenvalue weighted by Crippen LogP contribution is -2.21. The van der Waals surface area contributed by atoms with E-state index in [2.05, 4.69) is 14.8 Å². The molecule has 1 aromatic heterocycles. The fraction of sp³-hybridized carbons (Fsp3) is 0. The van der Waals surface area contributed by atoms with Gasteiger partial charge in [-0.2, -0.15) is 0 Å². The molecule has 2 aromatic rings. The average Bonchev–Trinajstić information content (AvgIpc) is 2.17. The van der Waals surface area contributed by atoms with E-state index in [1.165, 1.54) is 6.07 Å². The van der Waals surface area contributed by atoms with E-state index in [1.807, 2.05) is 0 Å². The number of benzene rings is 1. The Morgan fingerprint density at radius 3 is 2.71 bits per heavy atom. The van der Waals surface area contributed by atoms with Gasteiger partial charge < -0.3 is 4.98 Å². The molecule has 5 nitrogen and oxygen atoms in total. The van der Waals surface area contributed by atoms with Gasteiger partial charge >= 0.3 is 5.69 Å². The van der Waals surface area contributed by atoms with Crippen molar-refractivity contribution in [2.24, 2.45) is 0 Å². The predicted octanol–water partition coefficient (Wildman–Crippen LogP) is 0.767. The first kappa shape index (κ1) is 8.26. The van der Waals surface area contributed by atoms with Gasteiger partial charge in [0.2, 0.25) is 0 Å². The summed E-state index contributed by atoms with van der Waals surface area (Å²) in [5, 5.41) is 0.318. The molecule has 0 aliphatic heterocycles. The number of hydrogen-bond acceptors (Lipinski definition) is 2. The first-order chi connectivity index (χ1) is 6.70. The van der Waals surface area contributed by atoms with Crippen LogP contribution in [0.15, 0.2) is 27.8 Å². The number of rotatable bonds is 0. The van der Waals surface area contributed by atoms with E-state index in [4.69, 9.17) is 6.57 Å². The lowest BCUT2D eigenvalue weighted by molar-refractivity contribution is 1.08. The standard InChI is InChI=1S/C9H5N3O2/c1-10-5-2-3-7-6(4-5)8(13)12-9(14)11-7/h2-4H,(H2,11,12,13,14). The van der Waals surface area contributed by atoms with Gasteiger partial charge in [0.1, 0.15) is 0 Å². The molecule has 2 rings (SSSR count). The Hall–Kier alpha value is -2.35. The van der Waals surface area contributed by atoms with E-state index in [-0.39, 0.29) is 0 Å². The Bertz CT molecular complexity index is 645. The van der Waals surface area contributed by atoms with E-state index in [0.29, 0.717) is 16.6 Å². The van der Waals surface area contributed by atoms with E-state index in [9.17, 15) is 9.59 Å². The van der Waals surface area contributed by atoms with Crippen LogP contribution < -0.4 is 11.2 Å². The van der Waals surface area contributed by atoms with Gasteiger partial charge in [-0.25, -0.2) is 9.64 Å². The fourth-order valence-corrected chi connectivity index (χ4v) is 1.22. The Labute approximate surface area is 77.8 Å². The van der Waals surface area contributed by atoms with Crippen molar-refractivity contribution in [2.45, 2.75) is 0 Å². The summed E-state index contributed by atoms with van der Waals surface area (Å²) in [7, 11) is 0. The second kappa shape index (κ2) is 2.85. The summed E-state index contributed by atoms with van der Waals surface area (Å²) >= 11 is 0. The van der Waals surface area contributed by atoms with Crippen molar-refractivity contribution >= 4 is 16.6 Å². The lowest BCUT2D eigenvalue weighted by Gasteiger charge is -1.95. The van der Waals surface area contributed by atoms with Gasteiger partial charge in [-0.15, -0.1) is 0 Å². The summed E-state index contributed by atoms with van der Waals surface area (Å²) in [6, 6.07) is 4.53. The SMILES string of the molecule is [C-]#[N+]c1ccc2[nH]c(=O)[nH]c(=O)c2c1. The Balaban J connectivity index is 2.98. The highest BCUT2D eigenvalue weighted by molar-refractivity contribution is 5.81. The minimum atomic E-state index is -0.543. The fourth-order valence-electron chi connectivity index (χ4n) is 1.22. The van der Waals surface area contributed by atoms with Crippen molar-refractivity contribution in [3.05, 3.63) is 50.5 Å². The van der Waals surface area contributed by atoms with Gasteiger partial charge in [-0.3, -0.25) is 9.78 Å². The van der Waals surface area contributed by atoms with Crippen LogP contribution in [0.4, 0.5) is 5.69 Å². The molecule has 0 amide bonds. The maximum Gasteiger partial charge on any atom is 0.326 e. The van der Waals surface area contributed by atoms with E-state index < -0.39 is 11.2 Å². The van der Waals surface area contributed by atoms with E-state index in [0.717, 1.165) is 0 Å². The zero-order valence-electron chi connectivity index (χ0n) is 7.00. The maximum atomic E-state index is 11.3. The van der Waals surface area contributed by atoms with Crippen molar-refractivity contribution in [2.75, 3.05) is 0 Å². The molecule has 2 N–H and O–H groups in total. The highest BCUT2D eigenvalue weighted by Gasteiger charge is 2.00. The quantitative estimate of drug-likeness (QED) is 0.598. The second-order valence-corrected chi connectivity index (χ2v) is 2.75. The largest absolute Gasteiger partial charge is 0.326 e. The third-order valence-electron chi connectivity index (χ3n) is 1.85. The summed E-state index contributed by atoms with van der Waals surface area (Å²) in [6.45, 7) is 6.77. The summed E-state index contributed by atoms with van der Waals surface area (Å²) in [4.78, 5) is 29.9. The highest BCUT2D eigenvalue weighted by Crippen LogP contribution is 2.15. The smallest absolute Gasteiger partial charge is 0.307 e. The number of aromatic amines is 2. The lowest BCUT2D eigenvalue weighted by atomic mass is 10.2. The van der Waals surface area contributed by atoms with Crippen LogP contribution in [-0.2, 0) is 0 Å². The molecule has 68 valence electrons. The molecule has 14 heavy (non-hydrogen) atoms. The van der Waals surface area contributed by atoms with Gasteiger partial charge in [0.15, 0.2) is 5.69 Å². The molecule has 0 spiro atoms. The van der Waals surface area contributed by atoms with Crippen LogP contribution in [0.3, 0.4) is 0 Å².